The molecule has 1 atom stereocenters. The number of amides is 1. The zero-order valence-corrected chi connectivity index (χ0v) is 13.4. The predicted octanol–water partition coefficient (Wildman–Crippen LogP) is 1.54. The second-order valence-corrected chi connectivity index (χ2v) is 7.07. The zero-order valence-electron chi connectivity index (χ0n) is 12.6. The quantitative estimate of drug-likeness (QED) is 0.820. The third-order valence-electron chi connectivity index (χ3n) is 3.11. The van der Waals surface area contributed by atoms with Crippen molar-refractivity contribution >= 4 is 21.4 Å². The molecule has 2 rings (SSSR count). The summed E-state index contributed by atoms with van der Waals surface area (Å²) in [7, 11) is -3.73. The van der Waals surface area contributed by atoms with Crippen LogP contribution in [0.5, 0.6) is 0 Å². The molecule has 0 fully saturated rings. The molecule has 1 heterocycles. The van der Waals surface area contributed by atoms with Crippen LogP contribution in [-0.2, 0) is 14.6 Å². The molecule has 7 nitrogen and oxygen atoms in total. The Morgan fingerprint density at radius 1 is 1.29 bits per heavy atom. The summed E-state index contributed by atoms with van der Waals surface area (Å²) >= 11 is 0. The second kappa shape index (κ2) is 7.14. The summed E-state index contributed by atoms with van der Waals surface area (Å²) < 4.78 is 37.3. The van der Waals surface area contributed by atoms with Crippen molar-refractivity contribution in [3.8, 4) is 6.07 Å². The average molecular weight is 348 g/mol. The van der Waals surface area contributed by atoms with E-state index in [4.69, 9.17) is 5.26 Å². The van der Waals surface area contributed by atoms with Crippen molar-refractivity contribution < 1.29 is 17.6 Å². The Kier molecular flexibility index (Phi) is 5.21. The highest BCUT2D eigenvalue weighted by Crippen LogP contribution is 2.16. The van der Waals surface area contributed by atoms with Gasteiger partial charge in [0, 0.05) is 5.92 Å². The lowest BCUT2D eigenvalue weighted by molar-refractivity contribution is -0.118. The van der Waals surface area contributed by atoms with Crippen molar-refractivity contribution in [1.29, 1.82) is 5.26 Å². The van der Waals surface area contributed by atoms with Gasteiger partial charge in [0.25, 0.3) is 0 Å². The molecule has 1 unspecified atom stereocenters. The van der Waals surface area contributed by atoms with E-state index < -0.39 is 33.2 Å². The van der Waals surface area contributed by atoms with Crippen molar-refractivity contribution in [2.24, 2.45) is 5.92 Å². The highest BCUT2D eigenvalue weighted by atomic mass is 32.2. The summed E-state index contributed by atoms with van der Waals surface area (Å²) in [4.78, 5) is 19.4. The van der Waals surface area contributed by atoms with Crippen molar-refractivity contribution in [1.82, 2.24) is 9.97 Å². The molecule has 0 aliphatic carbocycles. The maximum absolute atomic E-state index is 12.9. The lowest BCUT2D eigenvalue weighted by atomic mass is 10.2. The van der Waals surface area contributed by atoms with Gasteiger partial charge in [-0.15, -0.1) is 0 Å². The summed E-state index contributed by atoms with van der Waals surface area (Å²) in [6, 6.07) is 6.15. The standard InChI is InChI=1S/C15H13FN4O3S/c1-10(9-24(22,23)13-4-2-11(16)3-5-13)15(21)20-12-7-18-14(6-17)19-8-12/h2-5,7-8,10H,9H2,1H3,(H,20,21). The summed E-state index contributed by atoms with van der Waals surface area (Å²) in [6.07, 6.45) is 2.51. The number of aromatic nitrogens is 2. The number of hydrogen-bond donors (Lipinski definition) is 1. The molecule has 0 radical (unpaired) electrons. The molecule has 2 aromatic rings. The lowest BCUT2D eigenvalue weighted by Crippen LogP contribution is -2.27. The Morgan fingerprint density at radius 3 is 2.42 bits per heavy atom. The van der Waals surface area contributed by atoms with Crippen LogP contribution in [0.2, 0.25) is 0 Å². The maximum Gasteiger partial charge on any atom is 0.232 e. The van der Waals surface area contributed by atoms with Gasteiger partial charge in [0.15, 0.2) is 9.84 Å². The predicted molar refractivity (Wildman–Crippen MR) is 83.0 cm³/mol. The Hall–Kier alpha value is -2.86. The van der Waals surface area contributed by atoms with Crippen molar-refractivity contribution in [2.45, 2.75) is 11.8 Å². The summed E-state index contributed by atoms with van der Waals surface area (Å²) in [5.41, 5.74) is 0.255. The number of carbonyl (C=O) groups is 1. The number of halogens is 1. The molecule has 24 heavy (non-hydrogen) atoms. The number of nitriles is 1. The van der Waals surface area contributed by atoms with Crippen LogP contribution in [-0.4, -0.2) is 30.0 Å². The van der Waals surface area contributed by atoms with Gasteiger partial charge in [-0.25, -0.2) is 22.8 Å². The van der Waals surface area contributed by atoms with Crippen LogP contribution in [0.4, 0.5) is 10.1 Å². The number of sulfone groups is 1. The second-order valence-electron chi connectivity index (χ2n) is 5.03. The molecule has 1 N–H and O–H groups in total. The van der Waals surface area contributed by atoms with Gasteiger partial charge in [0.2, 0.25) is 11.7 Å². The van der Waals surface area contributed by atoms with Crippen LogP contribution in [0, 0.1) is 23.1 Å². The van der Waals surface area contributed by atoms with E-state index in [1.165, 1.54) is 19.3 Å². The normalized spacial score (nSPS) is 12.2. The SMILES string of the molecule is CC(CS(=O)(=O)c1ccc(F)cc1)C(=O)Nc1cnc(C#N)nc1. The average Bonchev–Trinajstić information content (AvgIpc) is 2.55. The first-order valence-electron chi connectivity index (χ1n) is 6.83. The van der Waals surface area contributed by atoms with E-state index in [0.717, 1.165) is 24.3 Å². The number of nitrogens with one attached hydrogen (secondary N) is 1. The highest BCUT2D eigenvalue weighted by molar-refractivity contribution is 7.91. The molecule has 0 aliphatic heterocycles. The molecule has 1 aromatic heterocycles. The van der Waals surface area contributed by atoms with Crippen LogP contribution in [0.15, 0.2) is 41.6 Å². The van der Waals surface area contributed by atoms with Gasteiger partial charge in [0.1, 0.15) is 11.9 Å². The zero-order chi connectivity index (χ0) is 17.7. The van der Waals surface area contributed by atoms with E-state index in [2.05, 4.69) is 15.3 Å². The Labute approximate surface area is 138 Å². The van der Waals surface area contributed by atoms with Gasteiger partial charge in [0.05, 0.1) is 28.7 Å². The first-order chi connectivity index (χ1) is 11.3. The molecule has 0 spiro atoms. The van der Waals surface area contributed by atoms with Crippen molar-refractivity contribution in [3.05, 3.63) is 48.3 Å². The maximum atomic E-state index is 12.9. The minimum absolute atomic E-state index is 0.0417. The molecular weight excluding hydrogens is 335 g/mol. The van der Waals surface area contributed by atoms with Crippen molar-refractivity contribution in [3.63, 3.8) is 0 Å². The van der Waals surface area contributed by atoms with E-state index in [-0.39, 0.29) is 16.4 Å². The molecule has 0 saturated heterocycles. The van der Waals surface area contributed by atoms with Gasteiger partial charge >= 0.3 is 0 Å². The molecule has 1 aromatic carbocycles. The molecule has 0 bridgehead atoms. The van der Waals surface area contributed by atoms with E-state index in [1.54, 1.807) is 6.07 Å². The van der Waals surface area contributed by atoms with Crippen molar-refractivity contribution in [2.75, 3.05) is 11.1 Å². The largest absolute Gasteiger partial charge is 0.323 e. The number of anilines is 1. The summed E-state index contributed by atoms with van der Waals surface area (Å²) in [6.45, 7) is 1.46. The van der Waals surface area contributed by atoms with Gasteiger partial charge in [-0.2, -0.15) is 5.26 Å². The van der Waals surface area contributed by atoms with E-state index in [9.17, 15) is 17.6 Å². The molecule has 124 valence electrons. The number of rotatable bonds is 5. The smallest absolute Gasteiger partial charge is 0.232 e. The molecule has 0 saturated carbocycles. The molecule has 9 heteroatoms. The Morgan fingerprint density at radius 2 is 1.88 bits per heavy atom. The minimum atomic E-state index is -3.73. The first-order valence-corrected chi connectivity index (χ1v) is 8.48. The van der Waals surface area contributed by atoms with Crippen LogP contribution in [0.1, 0.15) is 12.7 Å². The monoisotopic (exact) mass is 348 g/mol. The Bertz CT molecular complexity index is 874. The fourth-order valence-electron chi connectivity index (χ4n) is 1.86. The summed E-state index contributed by atoms with van der Waals surface area (Å²) in [5, 5.41) is 11.1. The van der Waals surface area contributed by atoms with E-state index >= 15 is 0 Å². The third-order valence-corrected chi connectivity index (χ3v) is 5.04. The van der Waals surface area contributed by atoms with E-state index in [0.29, 0.717) is 0 Å². The molecular formula is C15H13FN4O3S. The summed E-state index contributed by atoms with van der Waals surface area (Å²) in [5.74, 6) is -2.40. The van der Waals surface area contributed by atoms with Crippen LogP contribution >= 0.6 is 0 Å². The van der Waals surface area contributed by atoms with Crippen LogP contribution < -0.4 is 5.32 Å². The first kappa shape index (κ1) is 17.5. The topological polar surface area (TPSA) is 113 Å². The highest BCUT2D eigenvalue weighted by Gasteiger charge is 2.23. The fourth-order valence-corrected chi connectivity index (χ4v) is 3.41. The lowest BCUT2D eigenvalue weighted by Gasteiger charge is -2.12. The third kappa shape index (κ3) is 4.33. The Balaban J connectivity index is 2.04. The number of nitrogens with zero attached hydrogens (tertiary/aromatic N) is 3. The van der Waals surface area contributed by atoms with Crippen LogP contribution in [0.3, 0.4) is 0 Å². The van der Waals surface area contributed by atoms with Gasteiger partial charge < -0.3 is 5.32 Å². The van der Waals surface area contributed by atoms with E-state index in [1.807, 2.05) is 0 Å². The fraction of sp³-hybridized carbons (Fsp3) is 0.200. The van der Waals surface area contributed by atoms with Gasteiger partial charge in [-0.3, -0.25) is 4.79 Å². The number of carbonyl (C=O) groups excluding carboxylic acids is 1. The molecule has 1 amide bonds. The van der Waals surface area contributed by atoms with Crippen LogP contribution in [0.25, 0.3) is 0 Å². The number of benzene rings is 1. The number of hydrogen-bond acceptors (Lipinski definition) is 6. The van der Waals surface area contributed by atoms with Gasteiger partial charge in [-0.1, -0.05) is 6.92 Å². The van der Waals surface area contributed by atoms with Gasteiger partial charge in [-0.05, 0) is 24.3 Å². The minimum Gasteiger partial charge on any atom is -0.323 e. The molecule has 0 aliphatic rings.